The molecule has 0 bridgehead atoms. The summed E-state index contributed by atoms with van der Waals surface area (Å²) in [4.78, 5) is 29.3. The van der Waals surface area contributed by atoms with Gasteiger partial charge in [0.2, 0.25) is 0 Å². The fourth-order valence-corrected chi connectivity index (χ4v) is 4.08. The van der Waals surface area contributed by atoms with Gasteiger partial charge in [0.1, 0.15) is 11.7 Å². The number of hydrogen-bond acceptors (Lipinski definition) is 4. The van der Waals surface area contributed by atoms with Crippen LogP contribution in [0.5, 0.6) is 0 Å². The SMILES string of the molecule is CCCCn1c(=O)c2[nH]c(-c3cnn(Cc4ccccc4C(F)(F)F)c3)cc2n(C(C)OC)c1=O. The van der Waals surface area contributed by atoms with Crippen LogP contribution in [-0.4, -0.2) is 31.0 Å². The number of halogens is 3. The summed E-state index contributed by atoms with van der Waals surface area (Å²) in [7, 11) is 1.47. The maximum Gasteiger partial charge on any atom is 0.416 e. The number of fused-ring (bicyclic) bond motifs is 1. The fraction of sp³-hybridized carbons (Fsp3) is 0.375. The molecule has 186 valence electrons. The van der Waals surface area contributed by atoms with Crippen LogP contribution >= 0.6 is 0 Å². The van der Waals surface area contributed by atoms with Crippen LogP contribution in [0.3, 0.4) is 0 Å². The van der Waals surface area contributed by atoms with Crippen molar-refractivity contribution in [3.8, 4) is 11.3 Å². The highest BCUT2D eigenvalue weighted by molar-refractivity contribution is 5.82. The van der Waals surface area contributed by atoms with E-state index >= 15 is 0 Å². The van der Waals surface area contributed by atoms with Gasteiger partial charge in [0.25, 0.3) is 5.56 Å². The number of nitrogens with zero attached hydrogens (tertiary/aromatic N) is 4. The summed E-state index contributed by atoms with van der Waals surface area (Å²) in [6, 6.07) is 7.00. The molecule has 4 aromatic rings. The molecule has 0 aliphatic heterocycles. The lowest BCUT2D eigenvalue weighted by Gasteiger charge is -2.16. The van der Waals surface area contributed by atoms with Gasteiger partial charge >= 0.3 is 11.9 Å². The van der Waals surface area contributed by atoms with Crippen LogP contribution in [0.4, 0.5) is 13.2 Å². The maximum atomic E-state index is 13.3. The molecule has 0 saturated carbocycles. The van der Waals surface area contributed by atoms with Crippen molar-refractivity contribution < 1.29 is 17.9 Å². The lowest BCUT2D eigenvalue weighted by atomic mass is 10.1. The molecule has 4 rings (SSSR count). The van der Waals surface area contributed by atoms with E-state index in [2.05, 4.69) is 10.1 Å². The van der Waals surface area contributed by atoms with E-state index in [0.29, 0.717) is 23.2 Å². The molecular weight excluding hydrogens is 463 g/mol. The van der Waals surface area contributed by atoms with E-state index in [1.54, 1.807) is 25.3 Å². The zero-order valence-corrected chi connectivity index (χ0v) is 19.6. The highest BCUT2D eigenvalue weighted by atomic mass is 19.4. The summed E-state index contributed by atoms with van der Waals surface area (Å²) >= 11 is 0. The number of H-pyrrole nitrogens is 1. The van der Waals surface area contributed by atoms with E-state index in [1.807, 2.05) is 6.92 Å². The van der Waals surface area contributed by atoms with Gasteiger partial charge < -0.3 is 9.72 Å². The van der Waals surface area contributed by atoms with Crippen LogP contribution in [0.1, 0.15) is 44.0 Å². The number of methoxy groups -OCH3 is 1. The summed E-state index contributed by atoms with van der Waals surface area (Å²) in [5.74, 6) is 0. The van der Waals surface area contributed by atoms with Gasteiger partial charge in [-0.1, -0.05) is 31.5 Å². The van der Waals surface area contributed by atoms with Gasteiger partial charge in [-0.25, -0.2) is 4.79 Å². The van der Waals surface area contributed by atoms with Crippen LogP contribution < -0.4 is 11.2 Å². The predicted octanol–water partition coefficient (Wildman–Crippen LogP) is 4.39. The zero-order chi connectivity index (χ0) is 25.3. The molecule has 0 fully saturated rings. The van der Waals surface area contributed by atoms with Crippen molar-refractivity contribution in [3.05, 3.63) is 74.7 Å². The first-order valence-corrected chi connectivity index (χ1v) is 11.2. The lowest BCUT2D eigenvalue weighted by Crippen LogP contribution is -2.41. The van der Waals surface area contributed by atoms with Gasteiger partial charge in [-0.3, -0.25) is 18.6 Å². The summed E-state index contributed by atoms with van der Waals surface area (Å²) in [6.07, 6.45) is -0.515. The monoisotopic (exact) mass is 489 g/mol. The van der Waals surface area contributed by atoms with Gasteiger partial charge in [0, 0.05) is 25.4 Å². The van der Waals surface area contributed by atoms with Crippen molar-refractivity contribution in [2.75, 3.05) is 7.11 Å². The van der Waals surface area contributed by atoms with E-state index in [-0.39, 0.29) is 24.2 Å². The Kier molecular flexibility index (Phi) is 6.70. The number of aromatic nitrogens is 5. The summed E-state index contributed by atoms with van der Waals surface area (Å²) in [5, 5.41) is 4.21. The highest BCUT2D eigenvalue weighted by Gasteiger charge is 2.33. The van der Waals surface area contributed by atoms with Crippen molar-refractivity contribution in [2.45, 2.75) is 52.2 Å². The molecule has 35 heavy (non-hydrogen) atoms. The van der Waals surface area contributed by atoms with Crippen molar-refractivity contribution in [2.24, 2.45) is 0 Å². The largest absolute Gasteiger partial charge is 0.416 e. The second-order valence-electron chi connectivity index (χ2n) is 8.32. The number of alkyl halides is 3. The first-order chi connectivity index (χ1) is 16.7. The van der Waals surface area contributed by atoms with E-state index in [0.717, 1.165) is 12.5 Å². The van der Waals surface area contributed by atoms with E-state index in [4.69, 9.17) is 4.74 Å². The molecule has 1 aromatic carbocycles. The van der Waals surface area contributed by atoms with Crippen molar-refractivity contribution in [1.82, 2.24) is 23.9 Å². The van der Waals surface area contributed by atoms with Gasteiger partial charge in [0.15, 0.2) is 0 Å². The van der Waals surface area contributed by atoms with Gasteiger partial charge in [-0.05, 0) is 31.0 Å². The molecule has 0 saturated heterocycles. The topological polar surface area (TPSA) is 86.8 Å². The second kappa shape index (κ2) is 9.57. The summed E-state index contributed by atoms with van der Waals surface area (Å²) in [5.41, 5.74) is 0.181. The summed E-state index contributed by atoms with van der Waals surface area (Å²) in [6.45, 7) is 3.88. The Balaban J connectivity index is 1.77. The maximum absolute atomic E-state index is 13.3. The van der Waals surface area contributed by atoms with Crippen LogP contribution in [0.15, 0.2) is 52.3 Å². The van der Waals surface area contributed by atoms with Crippen LogP contribution in [-0.2, 0) is 24.0 Å². The number of rotatable bonds is 8. The predicted molar refractivity (Wildman–Crippen MR) is 125 cm³/mol. The van der Waals surface area contributed by atoms with Crippen molar-refractivity contribution >= 4 is 11.0 Å². The second-order valence-corrected chi connectivity index (χ2v) is 8.32. The standard InChI is InChI=1S/C24H26F3N5O3/c1-4-5-10-31-22(33)21-20(32(23(31)34)15(2)35-3)11-19(29-21)17-12-28-30(14-17)13-16-8-6-7-9-18(16)24(25,26)27/h6-9,11-12,14-15,29H,4-5,10,13H2,1-3H3. The smallest absolute Gasteiger partial charge is 0.361 e. The van der Waals surface area contributed by atoms with Crippen molar-refractivity contribution in [3.63, 3.8) is 0 Å². The molecule has 1 N–H and O–H groups in total. The van der Waals surface area contributed by atoms with Crippen LogP contribution in [0, 0.1) is 0 Å². The number of ether oxygens (including phenoxy) is 1. The minimum Gasteiger partial charge on any atom is -0.361 e. The molecule has 0 aliphatic rings. The van der Waals surface area contributed by atoms with E-state index in [9.17, 15) is 22.8 Å². The van der Waals surface area contributed by atoms with E-state index < -0.39 is 29.2 Å². The Hall–Kier alpha value is -3.60. The quantitative estimate of drug-likeness (QED) is 0.398. The molecule has 8 nitrogen and oxygen atoms in total. The lowest BCUT2D eigenvalue weighted by molar-refractivity contribution is -0.138. The van der Waals surface area contributed by atoms with Crippen LogP contribution in [0.2, 0.25) is 0 Å². The fourth-order valence-electron chi connectivity index (χ4n) is 4.08. The minimum absolute atomic E-state index is 0.0782. The normalized spacial score (nSPS) is 13.0. The van der Waals surface area contributed by atoms with E-state index in [1.165, 1.54) is 39.3 Å². The third-order valence-corrected chi connectivity index (χ3v) is 5.99. The summed E-state index contributed by atoms with van der Waals surface area (Å²) < 4.78 is 49.4. The molecule has 0 radical (unpaired) electrons. The molecule has 3 heterocycles. The van der Waals surface area contributed by atoms with Gasteiger partial charge in [0.05, 0.1) is 29.5 Å². The molecule has 1 atom stereocenters. The molecule has 1 unspecified atom stereocenters. The molecule has 11 heteroatoms. The van der Waals surface area contributed by atoms with Gasteiger partial charge in [-0.2, -0.15) is 18.3 Å². The first-order valence-electron chi connectivity index (χ1n) is 11.2. The molecule has 0 spiro atoms. The third kappa shape index (κ3) is 4.68. The van der Waals surface area contributed by atoms with Gasteiger partial charge in [-0.15, -0.1) is 0 Å². The molecule has 0 amide bonds. The number of aromatic amines is 1. The number of hydrogen-bond donors (Lipinski definition) is 1. The van der Waals surface area contributed by atoms with Crippen LogP contribution in [0.25, 0.3) is 22.3 Å². The highest BCUT2D eigenvalue weighted by Crippen LogP contribution is 2.32. The molecule has 0 aliphatic carbocycles. The average molecular weight is 489 g/mol. The Bertz CT molecular complexity index is 1460. The Labute approximate surface area is 198 Å². The minimum atomic E-state index is -4.47. The Morgan fingerprint density at radius 3 is 2.63 bits per heavy atom. The Morgan fingerprint density at radius 1 is 1.20 bits per heavy atom. The van der Waals surface area contributed by atoms with Crippen molar-refractivity contribution in [1.29, 1.82) is 0 Å². The first kappa shape index (κ1) is 24.5. The number of unbranched alkanes of at least 4 members (excludes halogenated alkanes) is 1. The molecule has 3 aromatic heterocycles. The number of benzene rings is 1. The zero-order valence-electron chi connectivity index (χ0n) is 19.6. The number of nitrogens with one attached hydrogen (secondary N) is 1. The average Bonchev–Trinajstić information content (AvgIpc) is 3.46. The third-order valence-electron chi connectivity index (χ3n) is 5.99. The Morgan fingerprint density at radius 2 is 1.94 bits per heavy atom. The molecular formula is C24H26F3N5O3.